The normalized spacial score (nSPS) is 21.1. The van der Waals surface area contributed by atoms with Gasteiger partial charge in [0.15, 0.2) is 0 Å². The summed E-state index contributed by atoms with van der Waals surface area (Å²) in [6.45, 7) is 3.51. The Labute approximate surface area is 120 Å². The van der Waals surface area contributed by atoms with Crippen LogP contribution in [0.25, 0.3) is 0 Å². The van der Waals surface area contributed by atoms with E-state index in [-0.39, 0.29) is 11.9 Å². The molecule has 1 saturated heterocycles. The zero-order chi connectivity index (χ0) is 13.3. The molecular formula is C13H16BrClN2O. The molecule has 1 aliphatic heterocycles. The maximum Gasteiger partial charge on any atom is 0.253 e. The Balaban J connectivity index is 2.10. The van der Waals surface area contributed by atoms with E-state index in [1.54, 1.807) is 18.2 Å². The minimum absolute atomic E-state index is 0.0348. The summed E-state index contributed by atoms with van der Waals surface area (Å²) in [7, 11) is 0. The van der Waals surface area contributed by atoms with Gasteiger partial charge < -0.3 is 10.6 Å². The van der Waals surface area contributed by atoms with Crippen molar-refractivity contribution in [2.45, 2.75) is 19.4 Å². The molecule has 1 aliphatic rings. The number of carbonyl (C=O) groups excluding carboxylic acids is 1. The molecule has 0 aliphatic carbocycles. The number of carbonyl (C=O) groups is 1. The van der Waals surface area contributed by atoms with Crippen LogP contribution in [0.4, 0.5) is 0 Å². The van der Waals surface area contributed by atoms with Gasteiger partial charge in [0, 0.05) is 29.2 Å². The molecule has 3 nitrogen and oxygen atoms in total. The van der Waals surface area contributed by atoms with Gasteiger partial charge in [-0.2, -0.15) is 0 Å². The molecule has 2 unspecified atom stereocenters. The Hall–Kier alpha value is -0.580. The highest BCUT2D eigenvalue weighted by atomic mass is 79.9. The van der Waals surface area contributed by atoms with Gasteiger partial charge in [-0.05, 0) is 53.4 Å². The monoisotopic (exact) mass is 330 g/mol. The predicted molar refractivity (Wildman–Crippen MR) is 76.8 cm³/mol. The van der Waals surface area contributed by atoms with E-state index in [0.29, 0.717) is 16.5 Å². The van der Waals surface area contributed by atoms with Gasteiger partial charge in [-0.25, -0.2) is 0 Å². The first-order valence-electron chi connectivity index (χ1n) is 5.99. The van der Waals surface area contributed by atoms with Crippen molar-refractivity contribution < 1.29 is 4.79 Å². The average molecular weight is 332 g/mol. The zero-order valence-corrected chi connectivity index (χ0v) is 12.5. The fourth-order valence-corrected chi connectivity index (χ4v) is 2.64. The molecule has 2 N–H and O–H groups in total. The highest BCUT2D eigenvalue weighted by molar-refractivity contribution is 9.10. The molecule has 0 bridgehead atoms. The Morgan fingerprint density at radius 2 is 2.33 bits per heavy atom. The minimum Gasteiger partial charge on any atom is -0.338 e. The predicted octanol–water partition coefficient (Wildman–Crippen LogP) is 2.91. The molecule has 1 fully saturated rings. The van der Waals surface area contributed by atoms with Crippen molar-refractivity contribution in [2.24, 2.45) is 11.7 Å². The van der Waals surface area contributed by atoms with E-state index < -0.39 is 0 Å². The quantitative estimate of drug-likeness (QED) is 0.905. The maximum absolute atomic E-state index is 12.3. The molecule has 1 aromatic rings. The number of halogens is 2. The van der Waals surface area contributed by atoms with Crippen molar-refractivity contribution >= 4 is 33.4 Å². The highest BCUT2D eigenvalue weighted by Gasteiger charge is 2.29. The maximum atomic E-state index is 12.3. The van der Waals surface area contributed by atoms with Gasteiger partial charge in [-0.1, -0.05) is 11.6 Å². The van der Waals surface area contributed by atoms with Gasteiger partial charge in [-0.3, -0.25) is 4.79 Å². The second kappa shape index (κ2) is 5.59. The number of hydrogen-bond acceptors (Lipinski definition) is 2. The van der Waals surface area contributed by atoms with Gasteiger partial charge in [0.05, 0.1) is 5.02 Å². The summed E-state index contributed by atoms with van der Waals surface area (Å²) < 4.78 is 0.801. The molecule has 1 heterocycles. The summed E-state index contributed by atoms with van der Waals surface area (Å²) in [5, 5.41) is 0.559. The van der Waals surface area contributed by atoms with Crippen molar-refractivity contribution in [3.05, 3.63) is 33.3 Å². The zero-order valence-electron chi connectivity index (χ0n) is 10.2. The van der Waals surface area contributed by atoms with Crippen LogP contribution in [0.2, 0.25) is 5.02 Å². The summed E-state index contributed by atoms with van der Waals surface area (Å²) in [4.78, 5) is 14.1. The van der Waals surface area contributed by atoms with Crippen LogP contribution in [0.1, 0.15) is 23.7 Å². The lowest BCUT2D eigenvalue weighted by Gasteiger charge is -2.18. The van der Waals surface area contributed by atoms with Crippen LogP contribution in [0.5, 0.6) is 0 Å². The highest BCUT2D eigenvalue weighted by Crippen LogP contribution is 2.25. The Morgan fingerprint density at radius 3 is 2.89 bits per heavy atom. The van der Waals surface area contributed by atoms with E-state index >= 15 is 0 Å². The van der Waals surface area contributed by atoms with E-state index in [0.717, 1.165) is 24.0 Å². The molecule has 18 heavy (non-hydrogen) atoms. The smallest absolute Gasteiger partial charge is 0.253 e. The number of nitrogens with zero attached hydrogens (tertiary/aromatic N) is 1. The van der Waals surface area contributed by atoms with Crippen LogP contribution in [0, 0.1) is 5.92 Å². The van der Waals surface area contributed by atoms with Crippen LogP contribution < -0.4 is 5.73 Å². The van der Waals surface area contributed by atoms with Gasteiger partial charge in [0.25, 0.3) is 5.91 Å². The number of nitrogens with two attached hydrogens (primary N) is 1. The summed E-state index contributed by atoms with van der Waals surface area (Å²) >= 11 is 9.32. The summed E-state index contributed by atoms with van der Waals surface area (Å²) in [6.07, 6.45) is 0.980. The standard InChI is InChI=1S/C13H16BrClN2O/c1-8(16)10-4-5-17(7-10)13(18)9-2-3-11(14)12(15)6-9/h2-3,6,8,10H,4-5,7,16H2,1H3. The molecule has 0 saturated carbocycles. The molecule has 0 radical (unpaired) electrons. The Kier molecular flexibility index (Phi) is 4.30. The first-order valence-corrected chi connectivity index (χ1v) is 7.16. The molecule has 1 amide bonds. The molecule has 2 atom stereocenters. The van der Waals surface area contributed by atoms with E-state index in [9.17, 15) is 4.79 Å². The van der Waals surface area contributed by atoms with E-state index in [1.807, 2.05) is 11.8 Å². The Bertz CT molecular complexity index is 464. The fraction of sp³-hybridized carbons (Fsp3) is 0.462. The van der Waals surface area contributed by atoms with E-state index in [2.05, 4.69) is 15.9 Å². The van der Waals surface area contributed by atoms with Crippen LogP contribution in [0.15, 0.2) is 22.7 Å². The first kappa shape index (κ1) is 13.8. The molecule has 98 valence electrons. The first-order chi connectivity index (χ1) is 8.49. The van der Waals surface area contributed by atoms with Gasteiger partial charge >= 0.3 is 0 Å². The lowest BCUT2D eigenvalue weighted by molar-refractivity contribution is 0.0786. The molecule has 2 rings (SSSR count). The number of hydrogen-bond donors (Lipinski definition) is 1. The molecule has 5 heteroatoms. The van der Waals surface area contributed by atoms with Gasteiger partial charge in [-0.15, -0.1) is 0 Å². The second-order valence-electron chi connectivity index (χ2n) is 4.79. The summed E-state index contributed by atoms with van der Waals surface area (Å²) in [6, 6.07) is 5.43. The number of rotatable bonds is 2. The Morgan fingerprint density at radius 1 is 1.61 bits per heavy atom. The van der Waals surface area contributed by atoms with Crippen LogP contribution in [0.3, 0.4) is 0 Å². The third kappa shape index (κ3) is 2.87. The minimum atomic E-state index is 0.0348. The van der Waals surface area contributed by atoms with Crippen molar-refractivity contribution in [1.82, 2.24) is 4.90 Å². The SMILES string of the molecule is CC(N)C1CCN(C(=O)c2ccc(Br)c(Cl)c2)C1. The number of likely N-dealkylation sites (tertiary alicyclic amines) is 1. The largest absolute Gasteiger partial charge is 0.338 e. The molecular weight excluding hydrogens is 316 g/mol. The summed E-state index contributed by atoms with van der Waals surface area (Å²) in [5.74, 6) is 0.437. The lowest BCUT2D eigenvalue weighted by atomic mass is 10.0. The third-order valence-corrected chi connectivity index (χ3v) is 4.65. The second-order valence-corrected chi connectivity index (χ2v) is 6.05. The van der Waals surface area contributed by atoms with Gasteiger partial charge in [0.2, 0.25) is 0 Å². The van der Waals surface area contributed by atoms with Gasteiger partial charge in [0.1, 0.15) is 0 Å². The molecule has 1 aromatic carbocycles. The average Bonchev–Trinajstić information content (AvgIpc) is 2.81. The van der Waals surface area contributed by atoms with E-state index in [1.165, 1.54) is 0 Å². The van der Waals surface area contributed by atoms with Crippen molar-refractivity contribution in [2.75, 3.05) is 13.1 Å². The molecule has 0 spiro atoms. The topological polar surface area (TPSA) is 46.3 Å². The van der Waals surface area contributed by atoms with Crippen molar-refractivity contribution in [3.8, 4) is 0 Å². The summed E-state index contributed by atoms with van der Waals surface area (Å²) in [5.41, 5.74) is 6.51. The van der Waals surface area contributed by atoms with E-state index in [4.69, 9.17) is 17.3 Å². The third-order valence-electron chi connectivity index (χ3n) is 3.42. The van der Waals surface area contributed by atoms with Crippen molar-refractivity contribution in [1.29, 1.82) is 0 Å². The fourth-order valence-electron chi connectivity index (χ4n) is 2.21. The van der Waals surface area contributed by atoms with Crippen LogP contribution in [-0.4, -0.2) is 29.9 Å². The number of amides is 1. The molecule has 0 aromatic heterocycles. The lowest BCUT2D eigenvalue weighted by Crippen LogP contribution is -2.33. The van der Waals surface area contributed by atoms with Crippen molar-refractivity contribution in [3.63, 3.8) is 0 Å². The number of benzene rings is 1. The van der Waals surface area contributed by atoms with Crippen LogP contribution in [-0.2, 0) is 0 Å². The van der Waals surface area contributed by atoms with Crippen LogP contribution >= 0.6 is 27.5 Å².